The van der Waals surface area contributed by atoms with Gasteiger partial charge < -0.3 is 5.73 Å². The van der Waals surface area contributed by atoms with E-state index in [0.29, 0.717) is 11.4 Å². The zero-order valence-electron chi connectivity index (χ0n) is 9.48. The van der Waals surface area contributed by atoms with Gasteiger partial charge in [0.25, 0.3) is 0 Å². The van der Waals surface area contributed by atoms with Crippen LogP contribution < -0.4 is 10.5 Å². The van der Waals surface area contributed by atoms with Gasteiger partial charge in [0, 0.05) is 24.2 Å². The zero-order valence-corrected chi connectivity index (χ0v) is 11.1. The Morgan fingerprint density at radius 1 is 1.50 bits per heavy atom. The Hall–Kier alpha value is -1.29. The van der Waals surface area contributed by atoms with Crippen LogP contribution in [0.1, 0.15) is 4.88 Å². The van der Waals surface area contributed by atoms with E-state index in [0.717, 1.165) is 0 Å². The van der Waals surface area contributed by atoms with Crippen molar-refractivity contribution in [2.24, 2.45) is 5.73 Å². The quantitative estimate of drug-likeness (QED) is 0.764. The molecule has 2 rings (SSSR count). The number of nitrogens with two attached hydrogens (primary N) is 1. The van der Waals surface area contributed by atoms with Gasteiger partial charge in [0.2, 0.25) is 10.0 Å². The number of thiophene rings is 1. The minimum Gasteiger partial charge on any atom is -0.326 e. The Balaban J connectivity index is 1.99. The van der Waals surface area contributed by atoms with Gasteiger partial charge in [0.1, 0.15) is 0 Å². The Morgan fingerprint density at radius 3 is 3.00 bits per heavy atom. The first kappa shape index (κ1) is 13.1. The summed E-state index contributed by atoms with van der Waals surface area (Å²) in [5.74, 6) is 0. The fourth-order valence-corrected chi connectivity index (χ4v) is 3.80. The van der Waals surface area contributed by atoms with Crippen LogP contribution in [0.2, 0.25) is 0 Å². The first-order valence-electron chi connectivity index (χ1n) is 5.23. The highest BCUT2D eigenvalue weighted by molar-refractivity contribution is 7.89. The molecular weight excluding hydrogens is 274 g/mol. The number of hydrogen-bond donors (Lipinski definition) is 2. The van der Waals surface area contributed by atoms with Crippen molar-refractivity contribution < 1.29 is 8.42 Å². The summed E-state index contributed by atoms with van der Waals surface area (Å²) in [6, 6.07) is 1.56. The molecule has 2 heterocycles. The molecule has 0 spiro atoms. The number of sulfonamides is 1. The van der Waals surface area contributed by atoms with E-state index in [1.165, 1.54) is 11.3 Å². The second-order valence-corrected chi connectivity index (χ2v) is 6.21. The van der Waals surface area contributed by atoms with Gasteiger partial charge in [-0.15, -0.1) is 16.4 Å². The summed E-state index contributed by atoms with van der Waals surface area (Å²) in [5, 5.41) is 9.10. The van der Waals surface area contributed by atoms with E-state index in [4.69, 9.17) is 5.73 Å². The smallest absolute Gasteiger partial charge is 0.241 e. The molecule has 2 aromatic rings. The van der Waals surface area contributed by atoms with Crippen molar-refractivity contribution in [1.29, 1.82) is 0 Å². The minimum absolute atomic E-state index is 0.219. The van der Waals surface area contributed by atoms with Crippen molar-refractivity contribution in [3.8, 4) is 0 Å². The van der Waals surface area contributed by atoms with Crippen LogP contribution in [0.5, 0.6) is 0 Å². The van der Waals surface area contributed by atoms with Crippen molar-refractivity contribution in [3.05, 3.63) is 28.7 Å². The SMILES string of the molecule is NCc1sccc1S(=O)(=O)NCCn1ccnn1. The topological polar surface area (TPSA) is 103 Å². The lowest BCUT2D eigenvalue weighted by Gasteiger charge is -2.06. The summed E-state index contributed by atoms with van der Waals surface area (Å²) >= 11 is 1.34. The van der Waals surface area contributed by atoms with Crippen LogP contribution in [0.15, 0.2) is 28.7 Å². The van der Waals surface area contributed by atoms with E-state index in [1.54, 1.807) is 28.5 Å². The van der Waals surface area contributed by atoms with E-state index >= 15 is 0 Å². The zero-order chi connectivity index (χ0) is 13.0. The molecule has 0 aliphatic carbocycles. The molecule has 0 amide bonds. The standard InChI is InChI=1S/C9H13N5O2S2/c10-7-8-9(1-6-17-8)18(15,16)12-3-5-14-4-2-11-13-14/h1-2,4,6,12H,3,5,7,10H2. The van der Waals surface area contributed by atoms with Crippen LogP contribution in [0.4, 0.5) is 0 Å². The molecule has 0 unspecified atom stereocenters. The van der Waals surface area contributed by atoms with Crippen molar-refractivity contribution in [2.75, 3.05) is 6.54 Å². The van der Waals surface area contributed by atoms with Crippen molar-refractivity contribution in [1.82, 2.24) is 19.7 Å². The molecule has 0 atom stereocenters. The van der Waals surface area contributed by atoms with Gasteiger partial charge in [-0.3, -0.25) is 4.68 Å². The van der Waals surface area contributed by atoms with Gasteiger partial charge in [-0.1, -0.05) is 5.21 Å². The summed E-state index contributed by atoms with van der Waals surface area (Å²) in [5.41, 5.74) is 5.49. The number of nitrogens with zero attached hydrogens (tertiary/aromatic N) is 3. The third-order valence-corrected chi connectivity index (χ3v) is 4.90. The Kier molecular flexibility index (Phi) is 4.07. The fraction of sp³-hybridized carbons (Fsp3) is 0.333. The lowest BCUT2D eigenvalue weighted by atomic mass is 10.5. The van der Waals surface area contributed by atoms with Crippen LogP contribution in [0, 0.1) is 0 Å². The maximum Gasteiger partial charge on any atom is 0.241 e. The molecule has 0 aliphatic heterocycles. The number of hydrogen-bond acceptors (Lipinski definition) is 6. The molecule has 98 valence electrons. The average Bonchev–Trinajstić information content (AvgIpc) is 2.99. The molecule has 0 radical (unpaired) electrons. The second-order valence-electron chi connectivity index (χ2n) is 3.48. The summed E-state index contributed by atoms with van der Waals surface area (Å²) in [7, 11) is -3.49. The molecule has 7 nitrogen and oxygen atoms in total. The molecule has 0 fully saturated rings. The molecule has 0 saturated carbocycles. The highest BCUT2D eigenvalue weighted by Crippen LogP contribution is 2.20. The van der Waals surface area contributed by atoms with Crippen molar-refractivity contribution in [2.45, 2.75) is 18.0 Å². The van der Waals surface area contributed by atoms with E-state index in [1.807, 2.05) is 0 Å². The molecule has 18 heavy (non-hydrogen) atoms. The monoisotopic (exact) mass is 287 g/mol. The Bertz CT molecular complexity index is 590. The van der Waals surface area contributed by atoms with Crippen LogP contribution in [0.3, 0.4) is 0 Å². The van der Waals surface area contributed by atoms with Gasteiger partial charge in [-0.05, 0) is 11.4 Å². The van der Waals surface area contributed by atoms with Gasteiger partial charge in [-0.25, -0.2) is 13.1 Å². The molecular formula is C9H13N5O2S2. The molecule has 3 N–H and O–H groups in total. The van der Waals surface area contributed by atoms with E-state index in [2.05, 4.69) is 15.0 Å². The summed E-state index contributed by atoms with van der Waals surface area (Å²) in [4.78, 5) is 0.914. The highest BCUT2D eigenvalue weighted by Gasteiger charge is 2.18. The number of aromatic nitrogens is 3. The van der Waals surface area contributed by atoms with E-state index in [9.17, 15) is 8.42 Å². The summed E-state index contributed by atoms with van der Waals surface area (Å²) < 4.78 is 28.1. The van der Waals surface area contributed by atoms with Crippen LogP contribution in [0.25, 0.3) is 0 Å². The highest BCUT2D eigenvalue weighted by atomic mass is 32.2. The minimum atomic E-state index is -3.49. The largest absolute Gasteiger partial charge is 0.326 e. The number of rotatable bonds is 6. The average molecular weight is 287 g/mol. The van der Waals surface area contributed by atoms with Gasteiger partial charge >= 0.3 is 0 Å². The van der Waals surface area contributed by atoms with Crippen LogP contribution >= 0.6 is 11.3 Å². The van der Waals surface area contributed by atoms with Crippen molar-refractivity contribution >= 4 is 21.4 Å². The summed E-state index contributed by atoms with van der Waals surface area (Å²) in [6.45, 7) is 0.907. The van der Waals surface area contributed by atoms with Crippen LogP contribution in [-0.4, -0.2) is 30.0 Å². The first-order chi connectivity index (χ1) is 8.63. The molecule has 0 aliphatic rings. The van der Waals surface area contributed by atoms with E-state index < -0.39 is 10.0 Å². The molecule has 0 bridgehead atoms. The predicted octanol–water partition coefficient (Wildman–Crippen LogP) is -0.223. The Morgan fingerprint density at radius 2 is 2.33 bits per heavy atom. The Labute approximate surface area is 109 Å². The fourth-order valence-electron chi connectivity index (χ4n) is 1.44. The third kappa shape index (κ3) is 2.93. The maximum absolute atomic E-state index is 12.0. The lowest BCUT2D eigenvalue weighted by Crippen LogP contribution is -2.28. The lowest BCUT2D eigenvalue weighted by molar-refractivity contribution is 0.552. The molecule has 0 saturated heterocycles. The summed E-state index contributed by atoms with van der Waals surface area (Å²) in [6.07, 6.45) is 3.21. The molecule has 9 heteroatoms. The predicted molar refractivity (Wildman–Crippen MR) is 67.4 cm³/mol. The second kappa shape index (κ2) is 5.57. The maximum atomic E-state index is 12.0. The molecule has 0 aromatic carbocycles. The first-order valence-corrected chi connectivity index (χ1v) is 7.60. The number of nitrogens with one attached hydrogen (secondary N) is 1. The molecule has 2 aromatic heterocycles. The normalized spacial score (nSPS) is 11.8. The van der Waals surface area contributed by atoms with E-state index in [-0.39, 0.29) is 18.0 Å². The third-order valence-electron chi connectivity index (χ3n) is 2.28. The van der Waals surface area contributed by atoms with Crippen LogP contribution in [-0.2, 0) is 23.1 Å². The van der Waals surface area contributed by atoms with Gasteiger partial charge in [0.05, 0.1) is 17.6 Å². The van der Waals surface area contributed by atoms with Gasteiger partial charge in [-0.2, -0.15) is 0 Å². The van der Waals surface area contributed by atoms with Crippen molar-refractivity contribution in [3.63, 3.8) is 0 Å². The van der Waals surface area contributed by atoms with Gasteiger partial charge in [0.15, 0.2) is 0 Å².